The Hall–Kier alpha value is 2.79. The molecule has 0 amide bonds. The minimum absolute atomic E-state index is 0. The Labute approximate surface area is 94.6 Å². The summed E-state index contributed by atoms with van der Waals surface area (Å²) in [5, 5.41) is 0. The van der Waals surface area contributed by atoms with Gasteiger partial charge >= 0.3 is 55.3 Å². The summed E-state index contributed by atoms with van der Waals surface area (Å²) in [6.45, 7) is 0. The van der Waals surface area contributed by atoms with Crippen LogP contribution in [0.15, 0.2) is 0 Å². The zero-order valence-electron chi connectivity index (χ0n) is 3.72. The van der Waals surface area contributed by atoms with Gasteiger partial charge < -0.3 is 40.5 Å². The third kappa shape index (κ3) is 29.3. The van der Waals surface area contributed by atoms with Gasteiger partial charge in [0, 0.05) is 0 Å². The van der Waals surface area contributed by atoms with Crippen molar-refractivity contribution in [3.63, 3.8) is 0 Å². The standard InChI is InChI=1S/Ge.2Li.3S/q+4;2*+1;3*-2. The summed E-state index contributed by atoms with van der Waals surface area (Å²) in [6.07, 6.45) is 0. The van der Waals surface area contributed by atoms with Crippen LogP contribution in [0.4, 0.5) is 0 Å². The van der Waals surface area contributed by atoms with E-state index in [4.69, 9.17) is 0 Å². The molecule has 0 bridgehead atoms. The molecule has 0 fully saturated rings. The summed E-state index contributed by atoms with van der Waals surface area (Å²) in [7, 11) is 0. The van der Waals surface area contributed by atoms with E-state index in [0.29, 0.717) is 0 Å². The Morgan fingerprint density at radius 3 is 0.500 bits per heavy atom. The molecule has 0 nitrogen and oxygen atoms in total. The second-order valence-electron chi connectivity index (χ2n) is 0. The van der Waals surface area contributed by atoms with E-state index in [-0.39, 0.29) is 95.8 Å². The zero-order chi connectivity index (χ0) is 0. The van der Waals surface area contributed by atoms with Gasteiger partial charge in [-0.05, 0) is 0 Å². The molecular weight excluding hydrogens is 183 g/mol. The van der Waals surface area contributed by atoms with Gasteiger partial charge in [-0.2, -0.15) is 0 Å². The van der Waals surface area contributed by atoms with Gasteiger partial charge in [0.05, 0.1) is 0 Å². The van der Waals surface area contributed by atoms with E-state index in [9.17, 15) is 0 Å². The smallest absolute Gasteiger partial charge is 2.00 e. The van der Waals surface area contributed by atoms with Crippen molar-refractivity contribution in [2.45, 2.75) is 0 Å². The first-order chi connectivity index (χ1) is 0. The van der Waals surface area contributed by atoms with Crippen molar-refractivity contribution in [1.82, 2.24) is 0 Å². The normalized spacial score (nSPS) is 0. The minimum atomic E-state index is 0. The molecule has 6 heavy (non-hydrogen) atoms. The molecule has 0 saturated carbocycles. The van der Waals surface area contributed by atoms with Gasteiger partial charge in [0.2, 0.25) is 0 Å². The summed E-state index contributed by atoms with van der Waals surface area (Å²) in [4.78, 5) is 0. The van der Waals surface area contributed by atoms with Crippen LogP contribution >= 0.6 is 0 Å². The molecular formula is GeLi2S3. The minimum Gasteiger partial charge on any atom is -2.00 e. The second kappa shape index (κ2) is 46.2. The summed E-state index contributed by atoms with van der Waals surface area (Å²) in [5.41, 5.74) is 0. The molecule has 0 aromatic carbocycles. The topological polar surface area (TPSA) is 0 Å². The molecule has 24 valence electrons. The molecule has 0 aliphatic rings. The van der Waals surface area contributed by atoms with Crippen molar-refractivity contribution in [2.75, 3.05) is 0 Å². The molecule has 0 aromatic rings. The fourth-order valence-corrected chi connectivity index (χ4v) is 0. The van der Waals surface area contributed by atoms with Crippen molar-refractivity contribution < 1.29 is 37.7 Å². The monoisotopic (exact) mass is 184 g/mol. The predicted molar refractivity (Wildman–Crippen MR) is 27.8 cm³/mol. The van der Waals surface area contributed by atoms with Gasteiger partial charge in [-0.25, -0.2) is 0 Å². The largest absolute Gasteiger partial charge is 4.00 e. The first-order valence-corrected chi connectivity index (χ1v) is 0. The first kappa shape index (κ1) is 68.6. The van der Waals surface area contributed by atoms with E-state index in [1.807, 2.05) is 0 Å². The van der Waals surface area contributed by atoms with E-state index in [1.165, 1.54) is 0 Å². The van der Waals surface area contributed by atoms with E-state index in [2.05, 4.69) is 0 Å². The molecule has 0 rings (SSSR count). The summed E-state index contributed by atoms with van der Waals surface area (Å²) in [6, 6.07) is 0. The maximum atomic E-state index is 0. The first-order valence-electron chi connectivity index (χ1n) is 0. The van der Waals surface area contributed by atoms with Crippen molar-refractivity contribution >= 4 is 58.1 Å². The van der Waals surface area contributed by atoms with Crippen LogP contribution in [0.25, 0.3) is 0 Å². The van der Waals surface area contributed by atoms with E-state index >= 15 is 0 Å². The van der Waals surface area contributed by atoms with Crippen LogP contribution in [0.2, 0.25) is 0 Å². The predicted octanol–water partition coefficient (Wildman–Crippen LogP) is -6.38. The van der Waals surface area contributed by atoms with Crippen LogP contribution in [0.1, 0.15) is 0 Å². The van der Waals surface area contributed by atoms with Crippen molar-refractivity contribution in [3.05, 3.63) is 0 Å². The Bertz CT molecular complexity index is 8.75. The maximum absolute atomic E-state index is 0. The summed E-state index contributed by atoms with van der Waals surface area (Å²) in [5.74, 6) is 0. The molecule has 0 unspecified atom stereocenters. The van der Waals surface area contributed by atoms with Crippen LogP contribution in [0, 0.1) is 0 Å². The Morgan fingerprint density at radius 2 is 0.500 bits per heavy atom. The average Bonchev–Trinajstić information content (AvgIpc) is 0. The van der Waals surface area contributed by atoms with Gasteiger partial charge in [-0.15, -0.1) is 0 Å². The Balaban J connectivity index is 0. The molecule has 0 aromatic heterocycles. The molecule has 0 aliphatic heterocycles. The van der Waals surface area contributed by atoms with Crippen molar-refractivity contribution in [2.24, 2.45) is 0 Å². The molecule has 0 radical (unpaired) electrons. The van der Waals surface area contributed by atoms with Crippen molar-refractivity contribution in [1.29, 1.82) is 0 Å². The van der Waals surface area contributed by atoms with Gasteiger partial charge in [0.1, 0.15) is 0 Å². The molecule has 0 spiro atoms. The quantitative estimate of drug-likeness (QED) is 0.327. The third-order valence-corrected chi connectivity index (χ3v) is 0. The van der Waals surface area contributed by atoms with Gasteiger partial charge in [-0.3, -0.25) is 0 Å². The van der Waals surface area contributed by atoms with Crippen LogP contribution < -0.4 is 37.7 Å². The molecule has 0 atom stereocenters. The fraction of sp³-hybridized carbons (Fsp3) is 0. The number of hydrogen-bond donors (Lipinski definition) is 0. The van der Waals surface area contributed by atoms with Gasteiger partial charge in [0.25, 0.3) is 0 Å². The van der Waals surface area contributed by atoms with Crippen LogP contribution in [0.5, 0.6) is 0 Å². The summed E-state index contributed by atoms with van der Waals surface area (Å²) >= 11 is 0. The van der Waals surface area contributed by atoms with E-state index in [0.717, 1.165) is 0 Å². The second-order valence-corrected chi connectivity index (χ2v) is 0. The maximum Gasteiger partial charge on any atom is 4.00 e. The Kier molecular flexibility index (Phi) is 528. The molecule has 0 aliphatic carbocycles. The van der Waals surface area contributed by atoms with Crippen LogP contribution in [-0.2, 0) is 40.5 Å². The zero-order valence-corrected chi connectivity index (χ0v) is 8.27. The SMILES string of the molecule is [Ge+4].[Li+].[Li+].[S-2].[S-2].[S-2]. The van der Waals surface area contributed by atoms with Crippen LogP contribution in [-0.4, -0.2) is 17.6 Å². The molecule has 6 heteroatoms. The Morgan fingerprint density at radius 1 is 0.500 bits per heavy atom. The summed E-state index contributed by atoms with van der Waals surface area (Å²) < 4.78 is 0. The van der Waals surface area contributed by atoms with Crippen LogP contribution in [0.3, 0.4) is 0 Å². The van der Waals surface area contributed by atoms with Crippen molar-refractivity contribution in [3.8, 4) is 0 Å². The number of rotatable bonds is 0. The van der Waals surface area contributed by atoms with E-state index < -0.39 is 0 Å². The molecule has 0 heterocycles. The molecule has 0 N–H and O–H groups in total. The average molecular weight is 183 g/mol. The van der Waals surface area contributed by atoms with Gasteiger partial charge in [-0.1, -0.05) is 0 Å². The third-order valence-electron chi connectivity index (χ3n) is 0. The fourth-order valence-electron chi connectivity index (χ4n) is 0. The van der Waals surface area contributed by atoms with Gasteiger partial charge in [0.15, 0.2) is 0 Å². The molecule has 0 saturated heterocycles. The number of hydrogen-bond acceptors (Lipinski definition) is 0. The van der Waals surface area contributed by atoms with E-state index in [1.54, 1.807) is 0 Å².